The number of hydrogen-bond donors (Lipinski definition) is 1. The first-order valence-corrected chi connectivity index (χ1v) is 10.7. The van der Waals surface area contributed by atoms with E-state index in [0.29, 0.717) is 17.7 Å². The van der Waals surface area contributed by atoms with E-state index in [1.54, 1.807) is 30.3 Å². The Kier molecular flexibility index (Phi) is 6.08. The van der Waals surface area contributed by atoms with Gasteiger partial charge in [0.1, 0.15) is 5.82 Å². The normalized spacial score (nSPS) is 19.0. The number of rotatable bonds is 6. The van der Waals surface area contributed by atoms with Crippen LogP contribution in [0.5, 0.6) is 0 Å². The minimum Gasteiger partial charge on any atom is -0.447 e. The molecule has 1 fully saturated rings. The maximum Gasteiger partial charge on any atom is 0.307 e. The molecule has 148 valence electrons. The molecule has 28 heavy (non-hydrogen) atoms. The van der Waals surface area contributed by atoms with Gasteiger partial charge in [-0.05, 0) is 36.6 Å². The molecule has 2 aromatic rings. The summed E-state index contributed by atoms with van der Waals surface area (Å²) in [5, 5.41) is 2.60. The van der Waals surface area contributed by atoms with Crippen LogP contribution in [0.2, 0.25) is 0 Å². The molecule has 0 saturated carbocycles. The van der Waals surface area contributed by atoms with Crippen molar-refractivity contribution in [3.05, 3.63) is 66.0 Å². The average Bonchev–Trinajstić information content (AvgIpc) is 3.00. The van der Waals surface area contributed by atoms with Crippen LogP contribution < -0.4 is 5.32 Å². The molecule has 6 nitrogen and oxygen atoms in total. The van der Waals surface area contributed by atoms with Crippen LogP contribution in [0.4, 0.5) is 10.1 Å². The van der Waals surface area contributed by atoms with Crippen molar-refractivity contribution in [3.8, 4) is 0 Å². The molecule has 2 atom stereocenters. The van der Waals surface area contributed by atoms with Crippen LogP contribution in [-0.2, 0) is 24.2 Å². The number of carbonyl (C=O) groups is 2. The van der Waals surface area contributed by atoms with Crippen molar-refractivity contribution in [1.82, 2.24) is 0 Å². The Balaban J connectivity index is 1.71. The van der Waals surface area contributed by atoms with Crippen molar-refractivity contribution in [3.63, 3.8) is 0 Å². The molecule has 0 aliphatic carbocycles. The zero-order valence-corrected chi connectivity index (χ0v) is 15.8. The van der Waals surface area contributed by atoms with E-state index in [1.807, 2.05) is 0 Å². The lowest BCUT2D eigenvalue weighted by Crippen LogP contribution is -2.26. The number of ether oxygens (including phenoxy) is 1. The number of amides is 1. The number of halogens is 1. The molecule has 1 aliphatic heterocycles. The Morgan fingerprint density at radius 3 is 2.39 bits per heavy atom. The highest BCUT2D eigenvalue weighted by Crippen LogP contribution is 2.25. The van der Waals surface area contributed by atoms with Gasteiger partial charge in [-0.15, -0.1) is 0 Å². The largest absolute Gasteiger partial charge is 0.447 e. The molecule has 0 bridgehead atoms. The Morgan fingerprint density at radius 1 is 1.11 bits per heavy atom. The fraction of sp³-hybridized carbons (Fsp3) is 0.300. The number of carbonyl (C=O) groups excluding carboxylic acids is 2. The standard InChI is InChI=1S/C20H20FNO5S/c21-16-6-8-17(9-7-16)22-20(24)19(15-4-2-1-3-5-15)27-18(23)12-14-10-11-28(25,26)13-14/h1-9,14,19H,10-13H2,(H,22,24)/t14-,19+/m1/s1. The zero-order valence-electron chi connectivity index (χ0n) is 15.0. The van der Waals surface area contributed by atoms with Gasteiger partial charge in [-0.2, -0.15) is 0 Å². The lowest BCUT2D eigenvalue weighted by molar-refractivity contribution is -0.155. The lowest BCUT2D eigenvalue weighted by atomic mass is 10.1. The van der Waals surface area contributed by atoms with Crippen LogP contribution in [0, 0.1) is 11.7 Å². The summed E-state index contributed by atoms with van der Waals surface area (Å²) in [6.45, 7) is 0. The maximum absolute atomic E-state index is 13.0. The van der Waals surface area contributed by atoms with Crippen molar-refractivity contribution in [1.29, 1.82) is 0 Å². The molecule has 3 rings (SSSR count). The molecule has 8 heteroatoms. The molecule has 0 aromatic heterocycles. The molecule has 0 unspecified atom stereocenters. The van der Waals surface area contributed by atoms with E-state index in [9.17, 15) is 22.4 Å². The summed E-state index contributed by atoms with van der Waals surface area (Å²) in [7, 11) is -3.10. The number of nitrogens with one attached hydrogen (secondary N) is 1. The van der Waals surface area contributed by atoms with E-state index in [-0.39, 0.29) is 23.8 Å². The monoisotopic (exact) mass is 405 g/mol. The molecule has 2 aromatic carbocycles. The average molecular weight is 405 g/mol. The molecular formula is C20H20FNO5S. The number of esters is 1. The molecule has 1 N–H and O–H groups in total. The summed E-state index contributed by atoms with van der Waals surface area (Å²) in [4.78, 5) is 25.0. The van der Waals surface area contributed by atoms with E-state index < -0.39 is 33.6 Å². The minimum atomic E-state index is -3.10. The highest BCUT2D eigenvalue weighted by molar-refractivity contribution is 7.91. The molecule has 0 spiro atoms. The topological polar surface area (TPSA) is 89.5 Å². The lowest BCUT2D eigenvalue weighted by Gasteiger charge is -2.19. The van der Waals surface area contributed by atoms with Crippen molar-refractivity contribution in [2.24, 2.45) is 5.92 Å². The Labute approximate surface area is 162 Å². The van der Waals surface area contributed by atoms with E-state index >= 15 is 0 Å². The van der Waals surface area contributed by atoms with Crippen LogP contribution in [0.1, 0.15) is 24.5 Å². The SMILES string of the molecule is O=C(C[C@H]1CCS(=O)(=O)C1)O[C@H](C(=O)Nc1ccc(F)cc1)c1ccccc1. The first-order chi connectivity index (χ1) is 13.3. The van der Waals surface area contributed by atoms with Crippen LogP contribution in [0.25, 0.3) is 0 Å². The predicted octanol–water partition coefficient (Wildman–Crippen LogP) is 2.87. The summed E-state index contributed by atoms with van der Waals surface area (Å²) >= 11 is 0. The van der Waals surface area contributed by atoms with Gasteiger partial charge in [-0.25, -0.2) is 12.8 Å². The van der Waals surface area contributed by atoms with Crippen LogP contribution in [0.15, 0.2) is 54.6 Å². The van der Waals surface area contributed by atoms with E-state index in [1.165, 1.54) is 24.3 Å². The van der Waals surface area contributed by atoms with Gasteiger partial charge in [0.05, 0.1) is 11.5 Å². The predicted molar refractivity (Wildman–Crippen MR) is 102 cm³/mol. The zero-order chi connectivity index (χ0) is 20.1. The molecule has 0 radical (unpaired) electrons. The third-order valence-electron chi connectivity index (χ3n) is 4.48. The van der Waals surface area contributed by atoms with Gasteiger partial charge in [-0.1, -0.05) is 30.3 Å². The third kappa shape index (κ3) is 5.39. The number of benzene rings is 2. The van der Waals surface area contributed by atoms with Gasteiger partial charge in [0.2, 0.25) is 6.10 Å². The summed E-state index contributed by atoms with van der Waals surface area (Å²) < 4.78 is 41.6. The second-order valence-corrected chi connectivity index (χ2v) is 8.98. The fourth-order valence-electron chi connectivity index (χ4n) is 3.09. The van der Waals surface area contributed by atoms with Crippen molar-refractivity contribution in [2.45, 2.75) is 18.9 Å². The Hall–Kier alpha value is -2.74. The first kappa shape index (κ1) is 20.0. The third-order valence-corrected chi connectivity index (χ3v) is 6.32. The van der Waals surface area contributed by atoms with Crippen molar-refractivity contribution >= 4 is 27.4 Å². The second kappa shape index (κ2) is 8.52. The highest BCUT2D eigenvalue weighted by Gasteiger charge is 2.32. The summed E-state index contributed by atoms with van der Waals surface area (Å²) in [5.41, 5.74) is 0.847. The summed E-state index contributed by atoms with van der Waals surface area (Å²) in [5.74, 6) is -1.92. The molecule has 1 aliphatic rings. The maximum atomic E-state index is 13.0. The number of hydrogen-bond acceptors (Lipinski definition) is 5. The van der Waals surface area contributed by atoms with Gasteiger partial charge in [0.25, 0.3) is 5.91 Å². The van der Waals surface area contributed by atoms with Gasteiger partial charge in [0, 0.05) is 17.7 Å². The van der Waals surface area contributed by atoms with E-state index in [4.69, 9.17) is 4.74 Å². The summed E-state index contributed by atoms with van der Waals surface area (Å²) in [6.07, 6.45) is -0.849. The quantitative estimate of drug-likeness (QED) is 0.747. The van der Waals surface area contributed by atoms with E-state index in [2.05, 4.69) is 5.32 Å². The number of anilines is 1. The Bertz CT molecular complexity index is 944. The van der Waals surface area contributed by atoms with Crippen LogP contribution in [0.3, 0.4) is 0 Å². The number of sulfone groups is 1. The van der Waals surface area contributed by atoms with E-state index in [0.717, 1.165) is 0 Å². The van der Waals surface area contributed by atoms with Gasteiger partial charge in [-0.3, -0.25) is 9.59 Å². The second-order valence-electron chi connectivity index (χ2n) is 6.75. The van der Waals surface area contributed by atoms with Gasteiger partial charge < -0.3 is 10.1 Å². The van der Waals surface area contributed by atoms with Crippen molar-refractivity contribution in [2.75, 3.05) is 16.8 Å². The molecular weight excluding hydrogens is 385 g/mol. The van der Waals surface area contributed by atoms with Crippen LogP contribution >= 0.6 is 0 Å². The van der Waals surface area contributed by atoms with Crippen molar-refractivity contribution < 1.29 is 27.1 Å². The first-order valence-electron chi connectivity index (χ1n) is 8.84. The minimum absolute atomic E-state index is 0.0418. The van der Waals surface area contributed by atoms with Gasteiger partial charge >= 0.3 is 5.97 Å². The summed E-state index contributed by atoms with van der Waals surface area (Å²) in [6, 6.07) is 13.7. The molecule has 1 heterocycles. The Morgan fingerprint density at radius 2 is 1.79 bits per heavy atom. The van der Waals surface area contributed by atoms with Crippen LogP contribution in [-0.4, -0.2) is 31.8 Å². The fourth-order valence-corrected chi connectivity index (χ4v) is 4.95. The van der Waals surface area contributed by atoms with Gasteiger partial charge in [0.15, 0.2) is 9.84 Å². The smallest absolute Gasteiger partial charge is 0.307 e. The molecule has 1 saturated heterocycles. The highest BCUT2D eigenvalue weighted by atomic mass is 32.2. The molecule has 1 amide bonds.